The molecule has 0 bridgehead atoms. The van der Waals surface area contributed by atoms with Crippen molar-refractivity contribution < 1.29 is 4.74 Å². The van der Waals surface area contributed by atoms with E-state index in [4.69, 9.17) is 16.3 Å². The quantitative estimate of drug-likeness (QED) is 0.595. The van der Waals surface area contributed by atoms with Gasteiger partial charge in [-0.1, -0.05) is 50.4 Å². The second kappa shape index (κ2) is 7.63. The number of hydrogen-bond donors (Lipinski definition) is 1. The molecule has 2 nitrogen and oxygen atoms in total. The van der Waals surface area contributed by atoms with Gasteiger partial charge in [-0.3, -0.25) is 0 Å². The number of rotatable bonds is 5. The lowest BCUT2D eigenvalue weighted by Crippen LogP contribution is -2.18. The molecule has 0 fully saturated rings. The smallest absolute Gasteiger partial charge is 0.147 e. The molecule has 0 heterocycles. The fourth-order valence-corrected chi connectivity index (χ4v) is 2.92. The number of hydrogen-bond acceptors (Lipinski definition) is 2. The Morgan fingerprint density at radius 3 is 2.48 bits per heavy atom. The number of ether oxygens (including phenoxy) is 1. The minimum absolute atomic E-state index is 0.188. The zero-order chi connectivity index (χ0) is 15.4. The van der Waals surface area contributed by atoms with E-state index < -0.39 is 0 Å². The maximum absolute atomic E-state index is 6.20. The summed E-state index contributed by atoms with van der Waals surface area (Å²) in [6.07, 6.45) is 0. The van der Waals surface area contributed by atoms with Crippen LogP contribution in [0.3, 0.4) is 0 Å². The van der Waals surface area contributed by atoms with Gasteiger partial charge in [0.25, 0.3) is 0 Å². The van der Waals surface area contributed by atoms with Gasteiger partial charge in [-0.15, -0.1) is 0 Å². The standard InChI is InChI=1S/C16H16Br2ClNO/c1-3-20-10(2)13-8-11(17)5-7-15(13)21-16-9-12(18)4-6-14(16)19/h4-10,20H,3H2,1-2H3. The zero-order valence-electron chi connectivity index (χ0n) is 11.8. The maximum atomic E-state index is 6.20. The van der Waals surface area contributed by atoms with E-state index in [0.717, 1.165) is 26.8 Å². The first-order valence-corrected chi connectivity index (χ1v) is 8.63. The minimum Gasteiger partial charge on any atom is -0.455 e. The van der Waals surface area contributed by atoms with Gasteiger partial charge in [-0.2, -0.15) is 0 Å². The Kier molecular flexibility index (Phi) is 6.11. The SMILES string of the molecule is CCNC(C)c1cc(Br)ccc1Oc1cc(Br)ccc1Cl. The first kappa shape index (κ1) is 16.8. The van der Waals surface area contributed by atoms with Crippen LogP contribution in [-0.4, -0.2) is 6.54 Å². The van der Waals surface area contributed by atoms with Crippen LogP contribution in [0, 0.1) is 0 Å². The molecule has 0 saturated heterocycles. The van der Waals surface area contributed by atoms with E-state index in [0.29, 0.717) is 10.8 Å². The molecule has 1 N–H and O–H groups in total. The van der Waals surface area contributed by atoms with Crippen LogP contribution in [0.2, 0.25) is 5.02 Å². The minimum atomic E-state index is 0.188. The first-order chi connectivity index (χ1) is 10.0. The molecule has 0 aliphatic carbocycles. The molecule has 112 valence electrons. The Bertz CT molecular complexity index is 634. The Labute approximate surface area is 147 Å². The van der Waals surface area contributed by atoms with E-state index >= 15 is 0 Å². The molecule has 2 aromatic rings. The van der Waals surface area contributed by atoms with Crippen molar-refractivity contribution in [1.82, 2.24) is 5.32 Å². The van der Waals surface area contributed by atoms with Gasteiger partial charge in [0.05, 0.1) is 5.02 Å². The van der Waals surface area contributed by atoms with Crippen molar-refractivity contribution in [2.75, 3.05) is 6.54 Å². The van der Waals surface area contributed by atoms with Gasteiger partial charge in [0.15, 0.2) is 0 Å². The van der Waals surface area contributed by atoms with Gasteiger partial charge in [0.1, 0.15) is 11.5 Å². The van der Waals surface area contributed by atoms with Gasteiger partial charge in [0.2, 0.25) is 0 Å². The summed E-state index contributed by atoms with van der Waals surface area (Å²) in [5.41, 5.74) is 1.09. The van der Waals surface area contributed by atoms with Crippen molar-refractivity contribution in [3.63, 3.8) is 0 Å². The maximum Gasteiger partial charge on any atom is 0.147 e. The largest absolute Gasteiger partial charge is 0.455 e. The molecule has 2 rings (SSSR count). The Morgan fingerprint density at radius 1 is 1.10 bits per heavy atom. The summed E-state index contributed by atoms with van der Waals surface area (Å²) in [7, 11) is 0. The topological polar surface area (TPSA) is 21.3 Å². The average molecular weight is 434 g/mol. The molecular weight excluding hydrogens is 417 g/mol. The molecule has 2 aromatic carbocycles. The van der Waals surface area contributed by atoms with Crippen molar-refractivity contribution in [2.45, 2.75) is 19.9 Å². The fourth-order valence-electron chi connectivity index (χ4n) is 2.04. The second-order valence-corrected chi connectivity index (χ2v) is 6.88. The predicted octanol–water partition coefficient (Wildman–Crippen LogP) is 6.33. The third-order valence-corrected chi connectivity index (χ3v) is 4.36. The summed E-state index contributed by atoms with van der Waals surface area (Å²) in [5.74, 6) is 1.44. The van der Waals surface area contributed by atoms with Crippen LogP contribution in [0.5, 0.6) is 11.5 Å². The molecule has 0 aromatic heterocycles. The van der Waals surface area contributed by atoms with Crippen molar-refractivity contribution in [3.8, 4) is 11.5 Å². The molecule has 0 amide bonds. The summed E-state index contributed by atoms with van der Waals surface area (Å²) in [4.78, 5) is 0. The fraction of sp³-hybridized carbons (Fsp3) is 0.250. The summed E-state index contributed by atoms with van der Waals surface area (Å²) >= 11 is 13.1. The Balaban J connectivity index is 2.37. The van der Waals surface area contributed by atoms with Gasteiger partial charge in [0, 0.05) is 20.6 Å². The molecule has 5 heteroatoms. The Hall–Kier alpha value is -0.550. The average Bonchev–Trinajstić information content (AvgIpc) is 2.45. The summed E-state index contributed by atoms with van der Waals surface area (Å²) in [6, 6.07) is 11.7. The lowest BCUT2D eigenvalue weighted by Gasteiger charge is -2.18. The summed E-state index contributed by atoms with van der Waals surface area (Å²) < 4.78 is 7.97. The summed E-state index contributed by atoms with van der Waals surface area (Å²) in [5, 5.41) is 3.98. The highest BCUT2D eigenvalue weighted by molar-refractivity contribution is 9.10. The lowest BCUT2D eigenvalue weighted by molar-refractivity contribution is 0.463. The predicted molar refractivity (Wildman–Crippen MR) is 95.5 cm³/mol. The van der Waals surface area contributed by atoms with Crippen LogP contribution >= 0.6 is 43.5 Å². The normalized spacial score (nSPS) is 12.2. The second-order valence-electron chi connectivity index (χ2n) is 4.64. The van der Waals surface area contributed by atoms with Crippen LogP contribution in [0.15, 0.2) is 45.3 Å². The van der Waals surface area contributed by atoms with E-state index in [2.05, 4.69) is 57.1 Å². The van der Waals surface area contributed by atoms with E-state index in [1.165, 1.54) is 0 Å². The zero-order valence-corrected chi connectivity index (χ0v) is 15.7. The number of nitrogens with one attached hydrogen (secondary N) is 1. The lowest BCUT2D eigenvalue weighted by atomic mass is 10.1. The van der Waals surface area contributed by atoms with Crippen molar-refractivity contribution >= 4 is 43.5 Å². The summed E-state index contributed by atoms with van der Waals surface area (Å²) in [6.45, 7) is 5.09. The van der Waals surface area contributed by atoms with Gasteiger partial charge in [-0.05, 0) is 49.9 Å². The molecule has 1 atom stereocenters. The van der Waals surface area contributed by atoms with E-state index in [-0.39, 0.29) is 6.04 Å². The Morgan fingerprint density at radius 2 is 1.76 bits per heavy atom. The molecule has 0 aliphatic heterocycles. The number of halogens is 3. The first-order valence-electron chi connectivity index (χ1n) is 6.67. The molecule has 21 heavy (non-hydrogen) atoms. The molecule has 0 radical (unpaired) electrons. The molecular formula is C16H16Br2ClNO. The van der Waals surface area contributed by atoms with Crippen LogP contribution in [0.25, 0.3) is 0 Å². The van der Waals surface area contributed by atoms with Crippen LogP contribution < -0.4 is 10.1 Å². The van der Waals surface area contributed by atoms with Crippen molar-refractivity contribution in [3.05, 3.63) is 55.9 Å². The van der Waals surface area contributed by atoms with Crippen LogP contribution in [-0.2, 0) is 0 Å². The number of benzene rings is 2. The van der Waals surface area contributed by atoms with E-state index in [1.54, 1.807) is 0 Å². The van der Waals surface area contributed by atoms with Gasteiger partial charge in [-0.25, -0.2) is 0 Å². The van der Waals surface area contributed by atoms with E-state index in [9.17, 15) is 0 Å². The highest BCUT2D eigenvalue weighted by atomic mass is 79.9. The highest BCUT2D eigenvalue weighted by Crippen LogP contribution is 2.36. The highest BCUT2D eigenvalue weighted by Gasteiger charge is 2.13. The van der Waals surface area contributed by atoms with Gasteiger partial charge < -0.3 is 10.1 Å². The van der Waals surface area contributed by atoms with Crippen molar-refractivity contribution in [1.29, 1.82) is 0 Å². The third-order valence-electron chi connectivity index (χ3n) is 3.06. The van der Waals surface area contributed by atoms with Crippen molar-refractivity contribution in [2.24, 2.45) is 0 Å². The van der Waals surface area contributed by atoms with Crippen LogP contribution in [0.1, 0.15) is 25.5 Å². The third kappa shape index (κ3) is 4.46. The monoisotopic (exact) mass is 431 g/mol. The van der Waals surface area contributed by atoms with Crippen LogP contribution in [0.4, 0.5) is 0 Å². The molecule has 0 spiro atoms. The molecule has 0 aliphatic rings. The molecule has 1 unspecified atom stereocenters. The van der Waals surface area contributed by atoms with E-state index in [1.807, 2.05) is 30.3 Å². The van der Waals surface area contributed by atoms with Gasteiger partial charge >= 0.3 is 0 Å². The molecule has 0 saturated carbocycles.